The maximum Gasteiger partial charge on any atom is 0.205 e. The highest BCUT2D eigenvalue weighted by Crippen LogP contribution is 2.39. The summed E-state index contributed by atoms with van der Waals surface area (Å²) in [6, 6.07) is 12.6. The van der Waals surface area contributed by atoms with Gasteiger partial charge in [-0.1, -0.05) is 6.92 Å². The van der Waals surface area contributed by atoms with E-state index in [0.29, 0.717) is 28.6 Å². The van der Waals surface area contributed by atoms with Gasteiger partial charge in [-0.05, 0) is 42.8 Å². The zero-order chi connectivity index (χ0) is 21.0. The molecule has 0 amide bonds. The first-order chi connectivity index (χ1) is 13.9. The average molecular weight is 409 g/mol. The normalized spacial score (nSPS) is 10.3. The number of ether oxygens (including phenoxy) is 1. The summed E-state index contributed by atoms with van der Waals surface area (Å²) in [4.78, 5) is 13.0. The number of carbonyl (C=O) groups is 1. The third-order valence-corrected chi connectivity index (χ3v) is 5.19. The van der Waals surface area contributed by atoms with Gasteiger partial charge < -0.3 is 26.0 Å². The maximum absolute atomic E-state index is 12.8. The first kappa shape index (κ1) is 20.0. The van der Waals surface area contributed by atoms with Crippen LogP contribution in [0.4, 0.5) is 16.4 Å². The number of rotatable bonds is 7. The first-order valence-electron chi connectivity index (χ1n) is 8.83. The molecule has 3 rings (SSSR count). The highest BCUT2D eigenvalue weighted by molar-refractivity contribution is 7.19. The van der Waals surface area contributed by atoms with Crippen LogP contribution in [-0.2, 0) is 0 Å². The minimum atomic E-state index is -0.338. The lowest BCUT2D eigenvalue weighted by Gasteiger charge is -2.10. The number of nitrogen functional groups attached to an aromatic ring is 1. The molecule has 5 N–H and O–H groups in total. The van der Waals surface area contributed by atoms with Gasteiger partial charge in [0.15, 0.2) is 11.5 Å². The first-order valence-corrected chi connectivity index (χ1v) is 9.65. The molecular weight excluding hydrogens is 390 g/mol. The largest absolute Gasteiger partial charge is 0.508 e. The Labute approximate surface area is 171 Å². The number of nitrogens with two attached hydrogens (primary N) is 1. The number of phenols is 2. The molecule has 2 aromatic carbocycles. The van der Waals surface area contributed by atoms with E-state index in [1.807, 2.05) is 13.0 Å². The molecule has 3 aromatic rings. The molecule has 0 fully saturated rings. The fraction of sp³-hybridized carbons (Fsp3) is 0.143. The van der Waals surface area contributed by atoms with E-state index in [4.69, 9.17) is 10.5 Å². The fourth-order valence-corrected chi connectivity index (χ4v) is 3.66. The Kier molecular flexibility index (Phi) is 5.90. The molecule has 8 heteroatoms. The van der Waals surface area contributed by atoms with Crippen molar-refractivity contribution in [3.63, 3.8) is 0 Å². The third-order valence-electron chi connectivity index (χ3n) is 4.07. The molecule has 29 heavy (non-hydrogen) atoms. The second kappa shape index (κ2) is 8.54. The molecule has 0 saturated carbocycles. The van der Waals surface area contributed by atoms with Gasteiger partial charge >= 0.3 is 0 Å². The van der Waals surface area contributed by atoms with E-state index in [2.05, 4.69) is 5.32 Å². The molecule has 0 spiro atoms. The minimum Gasteiger partial charge on any atom is -0.508 e. The highest BCUT2D eigenvalue weighted by Gasteiger charge is 2.22. The van der Waals surface area contributed by atoms with E-state index in [1.165, 1.54) is 30.3 Å². The zero-order valence-electron chi connectivity index (χ0n) is 15.6. The van der Waals surface area contributed by atoms with Crippen LogP contribution in [0.3, 0.4) is 0 Å². The molecule has 148 valence electrons. The van der Waals surface area contributed by atoms with Crippen LogP contribution < -0.4 is 15.8 Å². The molecule has 0 saturated heterocycles. The lowest BCUT2D eigenvalue weighted by molar-refractivity contribution is 0.104. The second-order valence-electron chi connectivity index (χ2n) is 6.19. The Morgan fingerprint density at radius 3 is 2.62 bits per heavy atom. The van der Waals surface area contributed by atoms with Crippen LogP contribution in [0.15, 0.2) is 42.5 Å². The summed E-state index contributed by atoms with van der Waals surface area (Å²) >= 11 is 1.07. The number of aromatic hydroxyl groups is 2. The molecule has 0 aliphatic heterocycles. The van der Waals surface area contributed by atoms with Crippen molar-refractivity contribution in [2.75, 3.05) is 17.7 Å². The number of hydrogen-bond acceptors (Lipinski definition) is 8. The van der Waals surface area contributed by atoms with Gasteiger partial charge in [0.05, 0.1) is 12.3 Å². The van der Waals surface area contributed by atoms with Gasteiger partial charge in [0.1, 0.15) is 27.3 Å². The quantitative estimate of drug-likeness (QED) is 0.337. The van der Waals surface area contributed by atoms with E-state index in [9.17, 15) is 20.3 Å². The van der Waals surface area contributed by atoms with Crippen LogP contribution in [-0.4, -0.2) is 22.6 Å². The summed E-state index contributed by atoms with van der Waals surface area (Å²) < 4.78 is 5.50. The average Bonchev–Trinajstić information content (AvgIpc) is 3.03. The number of carbonyl (C=O) groups excluding carboxylic acids is 1. The van der Waals surface area contributed by atoms with Gasteiger partial charge in [0.25, 0.3) is 0 Å². The van der Waals surface area contributed by atoms with Crippen LogP contribution in [0.25, 0.3) is 0 Å². The van der Waals surface area contributed by atoms with Crippen molar-refractivity contribution in [3.8, 4) is 23.3 Å². The Balaban J connectivity index is 1.93. The summed E-state index contributed by atoms with van der Waals surface area (Å²) in [5, 5.41) is 32.3. The Hall–Kier alpha value is -3.70. The van der Waals surface area contributed by atoms with Crippen molar-refractivity contribution >= 4 is 33.5 Å². The molecule has 0 bridgehead atoms. The summed E-state index contributed by atoms with van der Waals surface area (Å²) in [7, 11) is 0. The van der Waals surface area contributed by atoms with Gasteiger partial charge in [-0.25, -0.2) is 0 Å². The molecule has 0 radical (unpaired) electrons. The summed E-state index contributed by atoms with van der Waals surface area (Å²) in [5.74, 6) is 0.0441. The minimum absolute atomic E-state index is 0.0124. The van der Waals surface area contributed by atoms with Crippen LogP contribution in [0.1, 0.15) is 34.1 Å². The van der Waals surface area contributed by atoms with Gasteiger partial charge in [0.2, 0.25) is 5.78 Å². The topological polar surface area (TPSA) is 129 Å². The number of thiophene rings is 1. The molecule has 0 atom stereocenters. The second-order valence-corrected chi connectivity index (χ2v) is 7.21. The summed E-state index contributed by atoms with van der Waals surface area (Å²) in [6.45, 7) is 2.41. The van der Waals surface area contributed by atoms with Crippen molar-refractivity contribution in [1.29, 1.82) is 5.26 Å². The van der Waals surface area contributed by atoms with Crippen molar-refractivity contribution in [1.82, 2.24) is 0 Å². The van der Waals surface area contributed by atoms with E-state index < -0.39 is 0 Å². The van der Waals surface area contributed by atoms with Gasteiger partial charge in [-0.3, -0.25) is 4.79 Å². The van der Waals surface area contributed by atoms with E-state index in [1.54, 1.807) is 12.1 Å². The molecule has 0 aliphatic carbocycles. The number of nitrogens with zero attached hydrogens (tertiary/aromatic N) is 1. The molecule has 7 nitrogen and oxygen atoms in total. The molecule has 0 unspecified atom stereocenters. The Morgan fingerprint density at radius 2 is 1.97 bits per heavy atom. The predicted octanol–water partition coefficient (Wildman–Crippen LogP) is 4.38. The Morgan fingerprint density at radius 1 is 1.24 bits per heavy atom. The number of ketones is 1. The van der Waals surface area contributed by atoms with E-state index in [0.717, 1.165) is 17.8 Å². The van der Waals surface area contributed by atoms with Crippen molar-refractivity contribution in [3.05, 3.63) is 58.5 Å². The van der Waals surface area contributed by atoms with Crippen LogP contribution in [0.5, 0.6) is 17.2 Å². The molecule has 1 aromatic heterocycles. The third kappa shape index (κ3) is 4.25. The number of phenolic OH excluding ortho intramolecular Hbond substituents is 2. The predicted molar refractivity (Wildman–Crippen MR) is 112 cm³/mol. The lowest BCUT2D eigenvalue weighted by atomic mass is 10.1. The van der Waals surface area contributed by atoms with Crippen molar-refractivity contribution in [2.45, 2.75) is 13.3 Å². The zero-order valence-corrected chi connectivity index (χ0v) is 16.4. The monoisotopic (exact) mass is 409 g/mol. The number of benzene rings is 2. The standard InChI is InChI=1S/C21H19N3O4S/c1-2-9-28-17-10-13(5-8-16(17)26)24-21-15(11-22)18(23)20(29-21)19(27)12-3-6-14(25)7-4-12/h3-8,10,24-26H,2,9,23H2,1H3. The maximum atomic E-state index is 12.8. The number of nitrogens with one attached hydrogen (secondary N) is 1. The Bertz CT molecular complexity index is 1080. The molecule has 1 heterocycles. The van der Waals surface area contributed by atoms with E-state index >= 15 is 0 Å². The molecular formula is C21H19N3O4S. The van der Waals surface area contributed by atoms with Crippen LogP contribution in [0.2, 0.25) is 0 Å². The van der Waals surface area contributed by atoms with Crippen molar-refractivity contribution < 1.29 is 19.7 Å². The summed E-state index contributed by atoms with van der Waals surface area (Å²) in [6.07, 6.45) is 0.792. The smallest absolute Gasteiger partial charge is 0.205 e. The van der Waals surface area contributed by atoms with E-state index in [-0.39, 0.29) is 33.4 Å². The van der Waals surface area contributed by atoms with Crippen LogP contribution in [0, 0.1) is 11.3 Å². The van der Waals surface area contributed by atoms with Crippen LogP contribution >= 0.6 is 11.3 Å². The lowest BCUT2D eigenvalue weighted by Crippen LogP contribution is -2.02. The van der Waals surface area contributed by atoms with Gasteiger partial charge in [-0.15, -0.1) is 11.3 Å². The summed E-state index contributed by atoms with van der Waals surface area (Å²) in [5.41, 5.74) is 7.27. The SMILES string of the molecule is CCCOc1cc(Nc2sc(C(=O)c3ccc(O)cc3)c(N)c2C#N)ccc1O. The fourth-order valence-electron chi connectivity index (χ4n) is 2.61. The van der Waals surface area contributed by atoms with Crippen molar-refractivity contribution in [2.24, 2.45) is 0 Å². The van der Waals surface area contributed by atoms with Gasteiger partial charge in [-0.2, -0.15) is 5.26 Å². The highest BCUT2D eigenvalue weighted by atomic mass is 32.1. The number of anilines is 3. The van der Waals surface area contributed by atoms with Gasteiger partial charge in [0, 0.05) is 17.3 Å². The molecule has 0 aliphatic rings. The number of nitriles is 1. The number of hydrogen-bond donors (Lipinski definition) is 4.